The van der Waals surface area contributed by atoms with Crippen LogP contribution < -0.4 is 5.32 Å². The number of halogens is 2. The van der Waals surface area contributed by atoms with E-state index in [1.807, 2.05) is 0 Å². The van der Waals surface area contributed by atoms with Gasteiger partial charge in [0.1, 0.15) is 17.5 Å². The van der Waals surface area contributed by atoms with Gasteiger partial charge >= 0.3 is 0 Å². The van der Waals surface area contributed by atoms with Gasteiger partial charge in [-0.15, -0.1) is 5.10 Å². The van der Waals surface area contributed by atoms with E-state index in [4.69, 9.17) is 0 Å². The topological polar surface area (TPSA) is 68.5 Å². The van der Waals surface area contributed by atoms with Gasteiger partial charge in [-0.05, 0) is 30.3 Å². The van der Waals surface area contributed by atoms with E-state index < -0.39 is 11.6 Å². The lowest BCUT2D eigenvalue weighted by molar-refractivity contribution is 0.570. The number of benzene rings is 1. The molecule has 0 bridgehead atoms. The Morgan fingerprint density at radius 3 is 2.80 bits per heavy atom. The molecule has 0 spiro atoms. The molecule has 0 amide bonds. The summed E-state index contributed by atoms with van der Waals surface area (Å²) in [6.07, 6.45) is 4.86. The molecular weight excluding hydrogens is 326 g/mol. The highest BCUT2D eigenvalue weighted by atomic mass is 19.1. The number of aromatic nitrogens is 5. The zero-order valence-corrected chi connectivity index (χ0v) is 12.9. The average Bonchev–Trinajstić information content (AvgIpc) is 3.01. The van der Waals surface area contributed by atoms with Crippen LogP contribution in [0.4, 0.5) is 20.4 Å². The Balaban J connectivity index is 1.68. The molecule has 6 nitrogen and oxygen atoms in total. The molecule has 0 aliphatic carbocycles. The Morgan fingerprint density at radius 1 is 1.04 bits per heavy atom. The second-order valence-electron chi connectivity index (χ2n) is 5.40. The molecule has 1 aromatic carbocycles. The van der Waals surface area contributed by atoms with Crippen LogP contribution in [0, 0.1) is 11.6 Å². The van der Waals surface area contributed by atoms with Crippen molar-refractivity contribution < 1.29 is 8.78 Å². The summed E-state index contributed by atoms with van der Waals surface area (Å²) < 4.78 is 28.8. The van der Waals surface area contributed by atoms with Crippen molar-refractivity contribution in [2.75, 3.05) is 5.32 Å². The zero-order chi connectivity index (χ0) is 17.2. The predicted octanol–water partition coefficient (Wildman–Crippen LogP) is 3.29. The Morgan fingerprint density at radius 2 is 1.96 bits per heavy atom. The van der Waals surface area contributed by atoms with Crippen molar-refractivity contribution in [3.63, 3.8) is 0 Å². The normalized spacial score (nSPS) is 11.0. The molecule has 3 heterocycles. The van der Waals surface area contributed by atoms with Gasteiger partial charge in [0.05, 0.1) is 18.3 Å². The van der Waals surface area contributed by atoms with Crippen molar-refractivity contribution in [1.29, 1.82) is 0 Å². The maximum Gasteiger partial charge on any atom is 0.154 e. The van der Waals surface area contributed by atoms with E-state index in [0.29, 0.717) is 11.6 Å². The molecule has 0 unspecified atom stereocenters. The Bertz CT molecular complexity index is 1030. The summed E-state index contributed by atoms with van der Waals surface area (Å²) in [6, 6.07) is 8.66. The fourth-order valence-electron chi connectivity index (χ4n) is 2.49. The summed E-state index contributed by atoms with van der Waals surface area (Å²) in [6.45, 7) is 0.113. The van der Waals surface area contributed by atoms with Crippen LogP contribution in [0.25, 0.3) is 10.9 Å². The Kier molecular flexibility index (Phi) is 3.77. The maximum atomic E-state index is 13.9. The smallest absolute Gasteiger partial charge is 0.154 e. The Labute approximate surface area is 141 Å². The molecule has 0 fully saturated rings. The molecule has 1 N–H and O–H groups in total. The third-order valence-electron chi connectivity index (χ3n) is 3.68. The number of fused-ring (bicyclic) bond motifs is 1. The zero-order valence-electron chi connectivity index (χ0n) is 12.9. The molecule has 0 saturated carbocycles. The van der Waals surface area contributed by atoms with E-state index in [9.17, 15) is 8.78 Å². The van der Waals surface area contributed by atoms with Gasteiger partial charge in [0.2, 0.25) is 0 Å². The molecular formula is C17H12F2N6. The summed E-state index contributed by atoms with van der Waals surface area (Å²) in [5.74, 6) is 0.141. The van der Waals surface area contributed by atoms with Crippen LogP contribution in [-0.4, -0.2) is 25.0 Å². The van der Waals surface area contributed by atoms with E-state index >= 15 is 0 Å². The van der Waals surface area contributed by atoms with E-state index in [2.05, 4.69) is 25.6 Å². The molecule has 124 valence electrons. The summed E-state index contributed by atoms with van der Waals surface area (Å²) in [4.78, 5) is 4.29. The quantitative estimate of drug-likeness (QED) is 0.618. The lowest BCUT2D eigenvalue weighted by Gasteiger charge is -2.07. The molecule has 4 aromatic rings. The van der Waals surface area contributed by atoms with Crippen molar-refractivity contribution in [1.82, 2.24) is 25.0 Å². The summed E-state index contributed by atoms with van der Waals surface area (Å²) in [5.41, 5.74) is 0.968. The number of anilines is 2. The number of nitrogens with zero attached hydrogens (tertiary/aromatic N) is 5. The SMILES string of the molecule is Fc1ccc(F)c(Cn2ncc3cnc(Nc4cccnn4)cc32)c1. The minimum absolute atomic E-state index is 0.113. The Hall–Kier alpha value is -3.42. The van der Waals surface area contributed by atoms with E-state index in [1.165, 1.54) is 6.07 Å². The summed E-state index contributed by atoms with van der Waals surface area (Å²) in [5, 5.41) is 15.8. The summed E-state index contributed by atoms with van der Waals surface area (Å²) >= 11 is 0. The minimum atomic E-state index is -0.487. The molecule has 0 aliphatic heterocycles. The van der Waals surface area contributed by atoms with Crippen molar-refractivity contribution >= 4 is 22.5 Å². The highest BCUT2D eigenvalue weighted by molar-refractivity contribution is 5.80. The number of hydrogen-bond acceptors (Lipinski definition) is 5. The number of pyridine rings is 1. The lowest BCUT2D eigenvalue weighted by atomic mass is 10.2. The van der Waals surface area contributed by atoms with Crippen molar-refractivity contribution in [2.24, 2.45) is 0 Å². The lowest BCUT2D eigenvalue weighted by Crippen LogP contribution is -2.04. The highest BCUT2D eigenvalue weighted by Crippen LogP contribution is 2.20. The summed E-state index contributed by atoms with van der Waals surface area (Å²) in [7, 11) is 0. The van der Waals surface area contributed by atoms with E-state index in [0.717, 1.165) is 23.0 Å². The van der Waals surface area contributed by atoms with Crippen LogP contribution in [0.15, 0.2) is 55.0 Å². The van der Waals surface area contributed by atoms with Gasteiger partial charge in [-0.2, -0.15) is 10.2 Å². The highest BCUT2D eigenvalue weighted by Gasteiger charge is 2.10. The van der Waals surface area contributed by atoms with Gasteiger partial charge < -0.3 is 5.32 Å². The standard InChI is InChI=1S/C17H12F2N6/c18-13-3-4-14(19)11(6-13)10-25-15-7-17(20-8-12(15)9-22-25)23-16-2-1-5-21-24-16/h1-9H,10H2,(H,20,23,24). The van der Waals surface area contributed by atoms with Crippen LogP contribution >= 0.6 is 0 Å². The molecule has 0 saturated heterocycles. The molecule has 3 aromatic heterocycles. The largest absolute Gasteiger partial charge is 0.323 e. The van der Waals surface area contributed by atoms with Crippen molar-refractivity contribution in [2.45, 2.75) is 6.54 Å². The number of rotatable bonds is 4. The first-order valence-electron chi connectivity index (χ1n) is 7.49. The van der Waals surface area contributed by atoms with E-state index in [-0.39, 0.29) is 12.1 Å². The molecule has 4 rings (SSSR count). The van der Waals surface area contributed by atoms with Crippen LogP contribution in [0.1, 0.15) is 5.56 Å². The van der Waals surface area contributed by atoms with Gasteiger partial charge in [-0.25, -0.2) is 13.8 Å². The average molecular weight is 338 g/mol. The van der Waals surface area contributed by atoms with Gasteiger partial charge in [-0.3, -0.25) is 4.68 Å². The fraction of sp³-hybridized carbons (Fsp3) is 0.0588. The second-order valence-corrected chi connectivity index (χ2v) is 5.40. The van der Waals surface area contributed by atoms with Crippen LogP contribution in [0.5, 0.6) is 0 Å². The molecule has 8 heteroatoms. The van der Waals surface area contributed by atoms with Crippen LogP contribution in [0.2, 0.25) is 0 Å². The predicted molar refractivity (Wildman–Crippen MR) is 88.3 cm³/mol. The van der Waals surface area contributed by atoms with Crippen molar-refractivity contribution in [3.8, 4) is 0 Å². The van der Waals surface area contributed by atoms with Crippen LogP contribution in [0.3, 0.4) is 0 Å². The fourth-order valence-corrected chi connectivity index (χ4v) is 2.49. The molecule has 0 aliphatic rings. The third-order valence-corrected chi connectivity index (χ3v) is 3.68. The van der Waals surface area contributed by atoms with Crippen molar-refractivity contribution in [3.05, 3.63) is 72.2 Å². The maximum absolute atomic E-state index is 13.9. The van der Waals surface area contributed by atoms with Gasteiger partial charge in [0.15, 0.2) is 5.82 Å². The second kappa shape index (κ2) is 6.23. The first kappa shape index (κ1) is 15.1. The third kappa shape index (κ3) is 3.14. The van der Waals surface area contributed by atoms with Gasteiger partial charge in [0, 0.05) is 29.4 Å². The molecule has 25 heavy (non-hydrogen) atoms. The number of hydrogen-bond donors (Lipinski definition) is 1. The van der Waals surface area contributed by atoms with Gasteiger partial charge in [-0.1, -0.05) is 0 Å². The number of nitrogens with one attached hydrogen (secondary N) is 1. The molecule has 0 atom stereocenters. The first-order valence-corrected chi connectivity index (χ1v) is 7.49. The first-order chi connectivity index (χ1) is 12.2. The van der Waals surface area contributed by atoms with Gasteiger partial charge in [0.25, 0.3) is 0 Å². The van der Waals surface area contributed by atoms with E-state index in [1.54, 1.807) is 41.5 Å². The molecule has 0 radical (unpaired) electrons. The van der Waals surface area contributed by atoms with Crippen LogP contribution in [-0.2, 0) is 6.54 Å². The minimum Gasteiger partial charge on any atom is -0.323 e. The monoisotopic (exact) mass is 338 g/mol.